The molecule has 1 aromatic heterocycles. The molecule has 0 spiro atoms. The third kappa shape index (κ3) is 3.68. The molecular formula is C14H12F3N3O3. The standard InChI is InChI=1S/C14H12F3N3O3/c1-8-11(13(22)23-7-12(18)21)6-19-20(8)10-4-2-3-9(5-10)14(15,16)17/h2-6H,7H2,1H3,(H2,18,21). The molecule has 0 saturated heterocycles. The van der Waals surface area contributed by atoms with Crippen LogP contribution in [0.2, 0.25) is 0 Å². The number of nitrogens with two attached hydrogens (primary N) is 1. The summed E-state index contributed by atoms with van der Waals surface area (Å²) in [5, 5.41) is 3.89. The molecule has 122 valence electrons. The molecule has 0 aliphatic heterocycles. The average molecular weight is 327 g/mol. The number of amides is 1. The molecule has 2 aromatic rings. The van der Waals surface area contributed by atoms with Gasteiger partial charge in [0, 0.05) is 0 Å². The minimum absolute atomic E-state index is 0.0312. The van der Waals surface area contributed by atoms with E-state index in [2.05, 4.69) is 9.84 Å². The maximum absolute atomic E-state index is 12.7. The molecule has 1 heterocycles. The molecule has 1 amide bonds. The molecule has 0 fully saturated rings. The molecule has 0 bridgehead atoms. The van der Waals surface area contributed by atoms with Gasteiger partial charge in [-0.15, -0.1) is 0 Å². The molecule has 0 unspecified atom stereocenters. The Balaban J connectivity index is 2.32. The number of rotatable bonds is 4. The van der Waals surface area contributed by atoms with Gasteiger partial charge >= 0.3 is 12.1 Å². The number of aromatic nitrogens is 2. The van der Waals surface area contributed by atoms with Crippen LogP contribution in [0.4, 0.5) is 13.2 Å². The maximum atomic E-state index is 12.7. The molecule has 1 aromatic carbocycles. The van der Waals surface area contributed by atoms with Gasteiger partial charge in [0.25, 0.3) is 5.91 Å². The molecule has 2 N–H and O–H groups in total. The normalized spacial score (nSPS) is 11.3. The van der Waals surface area contributed by atoms with Crippen molar-refractivity contribution in [2.75, 3.05) is 6.61 Å². The second kappa shape index (κ2) is 6.11. The van der Waals surface area contributed by atoms with E-state index in [1.165, 1.54) is 23.7 Å². The smallest absolute Gasteiger partial charge is 0.416 e. The molecule has 0 aliphatic rings. The predicted octanol–water partition coefficient (Wildman–Crippen LogP) is 1.84. The quantitative estimate of drug-likeness (QED) is 0.868. The monoisotopic (exact) mass is 327 g/mol. The van der Waals surface area contributed by atoms with Gasteiger partial charge in [-0.3, -0.25) is 4.79 Å². The van der Waals surface area contributed by atoms with Crippen molar-refractivity contribution >= 4 is 11.9 Å². The second-order valence-corrected chi connectivity index (χ2v) is 4.65. The van der Waals surface area contributed by atoms with Crippen LogP contribution >= 0.6 is 0 Å². The average Bonchev–Trinajstić information content (AvgIpc) is 2.86. The van der Waals surface area contributed by atoms with Crippen LogP contribution in [0.1, 0.15) is 21.6 Å². The Kier molecular flexibility index (Phi) is 4.39. The van der Waals surface area contributed by atoms with E-state index in [1.54, 1.807) is 0 Å². The van der Waals surface area contributed by atoms with Crippen molar-refractivity contribution in [1.82, 2.24) is 9.78 Å². The molecular weight excluding hydrogens is 315 g/mol. The van der Waals surface area contributed by atoms with Crippen LogP contribution in [-0.4, -0.2) is 28.3 Å². The molecule has 0 atom stereocenters. The van der Waals surface area contributed by atoms with Gasteiger partial charge in [0.05, 0.1) is 23.1 Å². The van der Waals surface area contributed by atoms with Crippen LogP contribution in [0.25, 0.3) is 5.69 Å². The third-order valence-corrected chi connectivity index (χ3v) is 2.99. The van der Waals surface area contributed by atoms with E-state index in [9.17, 15) is 22.8 Å². The number of carbonyl (C=O) groups excluding carboxylic acids is 2. The SMILES string of the molecule is Cc1c(C(=O)OCC(N)=O)cnn1-c1cccc(C(F)(F)F)c1. The molecule has 23 heavy (non-hydrogen) atoms. The largest absolute Gasteiger partial charge is 0.452 e. The summed E-state index contributed by atoms with van der Waals surface area (Å²) >= 11 is 0. The van der Waals surface area contributed by atoms with Gasteiger partial charge < -0.3 is 10.5 Å². The Morgan fingerprint density at radius 1 is 1.35 bits per heavy atom. The zero-order chi connectivity index (χ0) is 17.2. The summed E-state index contributed by atoms with van der Waals surface area (Å²) in [6.45, 7) is 0.904. The summed E-state index contributed by atoms with van der Waals surface area (Å²) in [4.78, 5) is 22.4. The lowest BCUT2D eigenvalue weighted by atomic mass is 10.2. The van der Waals surface area contributed by atoms with Crippen molar-refractivity contribution in [3.05, 3.63) is 47.3 Å². The van der Waals surface area contributed by atoms with E-state index in [1.807, 2.05) is 0 Å². The molecule has 6 nitrogen and oxygen atoms in total. The molecule has 9 heteroatoms. The number of nitrogens with zero attached hydrogens (tertiary/aromatic N) is 2. The van der Waals surface area contributed by atoms with E-state index in [0.29, 0.717) is 0 Å². The third-order valence-electron chi connectivity index (χ3n) is 2.99. The highest BCUT2D eigenvalue weighted by atomic mass is 19.4. The number of primary amides is 1. The van der Waals surface area contributed by atoms with Crippen molar-refractivity contribution in [1.29, 1.82) is 0 Å². The van der Waals surface area contributed by atoms with Crippen molar-refractivity contribution in [2.24, 2.45) is 5.73 Å². The first kappa shape index (κ1) is 16.5. The molecule has 0 radical (unpaired) electrons. The summed E-state index contributed by atoms with van der Waals surface area (Å²) < 4.78 is 44.1. The van der Waals surface area contributed by atoms with Crippen LogP contribution < -0.4 is 5.73 Å². The number of hydrogen-bond acceptors (Lipinski definition) is 4. The van der Waals surface area contributed by atoms with Crippen LogP contribution in [0.3, 0.4) is 0 Å². The van der Waals surface area contributed by atoms with E-state index < -0.39 is 30.2 Å². The van der Waals surface area contributed by atoms with Gasteiger partial charge in [0.2, 0.25) is 0 Å². The highest BCUT2D eigenvalue weighted by molar-refractivity contribution is 5.92. The van der Waals surface area contributed by atoms with Crippen molar-refractivity contribution in [2.45, 2.75) is 13.1 Å². The van der Waals surface area contributed by atoms with Gasteiger partial charge in [0.1, 0.15) is 5.56 Å². The van der Waals surface area contributed by atoms with E-state index >= 15 is 0 Å². The highest BCUT2D eigenvalue weighted by Crippen LogP contribution is 2.30. The van der Waals surface area contributed by atoms with Crippen LogP contribution in [0.5, 0.6) is 0 Å². The predicted molar refractivity (Wildman–Crippen MR) is 72.8 cm³/mol. The Bertz CT molecular complexity index is 753. The number of hydrogen-bond donors (Lipinski definition) is 1. The number of alkyl halides is 3. The molecule has 0 saturated carbocycles. The molecule has 0 aliphatic carbocycles. The van der Waals surface area contributed by atoms with Crippen LogP contribution in [0, 0.1) is 6.92 Å². The van der Waals surface area contributed by atoms with Gasteiger partial charge in [-0.2, -0.15) is 18.3 Å². The fourth-order valence-corrected chi connectivity index (χ4v) is 1.90. The zero-order valence-corrected chi connectivity index (χ0v) is 11.9. The van der Waals surface area contributed by atoms with Gasteiger partial charge in [-0.25, -0.2) is 9.48 Å². The number of carbonyl (C=O) groups is 2. The Labute approximate surface area is 128 Å². The first-order valence-corrected chi connectivity index (χ1v) is 6.38. The first-order valence-electron chi connectivity index (χ1n) is 6.38. The first-order chi connectivity index (χ1) is 10.7. The Morgan fingerprint density at radius 2 is 2.04 bits per heavy atom. The van der Waals surface area contributed by atoms with Gasteiger partial charge in [0.15, 0.2) is 6.61 Å². The lowest BCUT2D eigenvalue weighted by Crippen LogP contribution is -2.21. The minimum atomic E-state index is -4.49. The van der Waals surface area contributed by atoms with E-state index in [-0.39, 0.29) is 16.9 Å². The fourth-order valence-electron chi connectivity index (χ4n) is 1.90. The van der Waals surface area contributed by atoms with Crippen LogP contribution in [0.15, 0.2) is 30.5 Å². The van der Waals surface area contributed by atoms with Gasteiger partial charge in [-0.05, 0) is 25.1 Å². The van der Waals surface area contributed by atoms with E-state index in [4.69, 9.17) is 5.73 Å². The summed E-state index contributed by atoms with van der Waals surface area (Å²) in [6.07, 6.45) is -3.33. The Hall–Kier alpha value is -2.84. The Morgan fingerprint density at radius 3 is 2.65 bits per heavy atom. The number of halogens is 3. The maximum Gasteiger partial charge on any atom is 0.416 e. The van der Waals surface area contributed by atoms with Crippen molar-refractivity contribution in [3.8, 4) is 5.69 Å². The topological polar surface area (TPSA) is 87.2 Å². The lowest BCUT2D eigenvalue weighted by Gasteiger charge is -2.10. The minimum Gasteiger partial charge on any atom is -0.452 e. The fraction of sp³-hybridized carbons (Fsp3) is 0.214. The molecule has 2 rings (SSSR count). The summed E-state index contributed by atoms with van der Waals surface area (Å²) in [7, 11) is 0. The van der Waals surface area contributed by atoms with Crippen LogP contribution in [-0.2, 0) is 15.7 Å². The second-order valence-electron chi connectivity index (χ2n) is 4.65. The van der Waals surface area contributed by atoms with Crippen molar-refractivity contribution < 1.29 is 27.5 Å². The van der Waals surface area contributed by atoms with Crippen molar-refractivity contribution in [3.63, 3.8) is 0 Å². The zero-order valence-electron chi connectivity index (χ0n) is 11.9. The number of ether oxygens (including phenoxy) is 1. The summed E-state index contributed by atoms with van der Waals surface area (Å²) in [5.74, 6) is -1.65. The van der Waals surface area contributed by atoms with E-state index in [0.717, 1.165) is 18.3 Å². The lowest BCUT2D eigenvalue weighted by molar-refractivity contribution is -0.137. The van der Waals surface area contributed by atoms with Gasteiger partial charge in [-0.1, -0.05) is 6.07 Å². The summed E-state index contributed by atoms with van der Waals surface area (Å²) in [6, 6.07) is 4.51. The number of benzene rings is 1. The highest BCUT2D eigenvalue weighted by Gasteiger charge is 2.30. The number of esters is 1. The summed E-state index contributed by atoms with van der Waals surface area (Å²) in [5.41, 5.74) is 4.49.